The van der Waals surface area contributed by atoms with Crippen LogP contribution >= 0.6 is 11.6 Å². The number of amides is 1. The average Bonchev–Trinajstić information content (AvgIpc) is 3.34. The fourth-order valence-corrected chi connectivity index (χ4v) is 2.70. The van der Waals surface area contributed by atoms with Gasteiger partial charge in [0, 0.05) is 16.3 Å². The second kappa shape index (κ2) is 7.02. The molecule has 1 amide bonds. The molecule has 0 radical (unpaired) electrons. The van der Waals surface area contributed by atoms with Crippen molar-refractivity contribution >= 4 is 35.0 Å². The Morgan fingerprint density at radius 1 is 1.08 bits per heavy atom. The third kappa shape index (κ3) is 3.92. The molecule has 0 fully saturated rings. The number of furan rings is 1. The van der Waals surface area contributed by atoms with E-state index in [1.54, 1.807) is 24.3 Å². The molecule has 4 nitrogen and oxygen atoms in total. The molecular formula is C21H15ClN2O2. The first-order chi connectivity index (χ1) is 12.7. The maximum absolute atomic E-state index is 12.4. The number of hydrogen-bond donors (Lipinski definition) is 1. The number of nitrogens with zero attached hydrogens (tertiary/aromatic N) is 1. The third-order valence-corrected chi connectivity index (χ3v) is 4.13. The Balaban J connectivity index is 1.48. The fourth-order valence-electron chi connectivity index (χ4n) is 2.51. The van der Waals surface area contributed by atoms with Crippen LogP contribution in [0.1, 0.15) is 16.1 Å². The van der Waals surface area contributed by atoms with Crippen LogP contribution in [0.3, 0.4) is 0 Å². The fraction of sp³-hybridized carbons (Fsp3) is 0.0476. The van der Waals surface area contributed by atoms with E-state index in [9.17, 15) is 4.79 Å². The zero-order chi connectivity index (χ0) is 17.9. The molecule has 1 N–H and O–H groups in total. The van der Waals surface area contributed by atoms with Gasteiger partial charge in [0.2, 0.25) is 0 Å². The van der Waals surface area contributed by atoms with Crippen LogP contribution in [0.15, 0.2) is 76.1 Å². The molecule has 2 heterocycles. The van der Waals surface area contributed by atoms with Crippen molar-refractivity contribution in [2.75, 3.05) is 11.9 Å². The standard InChI is InChI=1S/C21H15ClN2O2/c22-16-5-2-4-15(12-16)19-9-10-20(26-19)21(25)24-17-6-1-3-14(11-17)7-8-18-13-23-18/h1-12H,13H2,(H,24,25)/b8-7+. The van der Waals surface area contributed by atoms with Crippen LogP contribution < -0.4 is 5.32 Å². The molecule has 1 aliphatic heterocycles. The van der Waals surface area contributed by atoms with Crippen LogP contribution in [0, 0.1) is 0 Å². The van der Waals surface area contributed by atoms with Gasteiger partial charge in [0.05, 0.1) is 12.3 Å². The van der Waals surface area contributed by atoms with Gasteiger partial charge in [0.1, 0.15) is 5.76 Å². The minimum atomic E-state index is -0.300. The van der Waals surface area contributed by atoms with Crippen LogP contribution in [-0.2, 0) is 0 Å². The molecule has 0 aliphatic carbocycles. The SMILES string of the molecule is O=C(Nc1cccc(/C=C/C2=NC2)c1)c1ccc(-c2cccc(Cl)c2)o1. The van der Waals surface area contributed by atoms with E-state index in [0.717, 1.165) is 23.4 Å². The lowest BCUT2D eigenvalue weighted by Gasteiger charge is -2.04. The van der Waals surface area contributed by atoms with Crippen molar-refractivity contribution in [3.63, 3.8) is 0 Å². The van der Waals surface area contributed by atoms with Gasteiger partial charge < -0.3 is 9.73 Å². The maximum atomic E-state index is 12.4. The van der Waals surface area contributed by atoms with E-state index in [1.807, 2.05) is 48.6 Å². The predicted octanol–water partition coefficient (Wildman–Crippen LogP) is 5.32. The molecular weight excluding hydrogens is 348 g/mol. The monoisotopic (exact) mass is 362 g/mol. The van der Waals surface area contributed by atoms with Crippen LogP contribution in [0.4, 0.5) is 5.69 Å². The number of aliphatic imine (C=N–C) groups is 1. The molecule has 0 saturated heterocycles. The van der Waals surface area contributed by atoms with Gasteiger partial charge >= 0.3 is 0 Å². The Kier molecular flexibility index (Phi) is 4.42. The smallest absolute Gasteiger partial charge is 0.291 e. The second-order valence-electron chi connectivity index (χ2n) is 5.89. The van der Waals surface area contributed by atoms with Gasteiger partial charge in [-0.05, 0) is 48.0 Å². The zero-order valence-electron chi connectivity index (χ0n) is 13.8. The summed E-state index contributed by atoms with van der Waals surface area (Å²) >= 11 is 6.00. The molecule has 0 unspecified atom stereocenters. The van der Waals surface area contributed by atoms with Crippen molar-refractivity contribution in [1.29, 1.82) is 0 Å². The zero-order valence-corrected chi connectivity index (χ0v) is 14.5. The number of carbonyl (C=O) groups is 1. The Hall–Kier alpha value is -3.11. The highest BCUT2D eigenvalue weighted by Crippen LogP contribution is 2.25. The van der Waals surface area contributed by atoms with Crippen molar-refractivity contribution in [1.82, 2.24) is 0 Å². The minimum absolute atomic E-state index is 0.244. The number of nitrogens with one attached hydrogen (secondary N) is 1. The van der Waals surface area contributed by atoms with E-state index in [2.05, 4.69) is 10.3 Å². The minimum Gasteiger partial charge on any atom is -0.451 e. The Morgan fingerprint density at radius 2 is 1.92 bits per heavy atom. The van der Waals surface area contributed by atoms with Crippen molar-refractivity contribution in [2.24, 2.45) is 4.99 Å². The Morgan fingerprint density at radius 3 is 2.73 bits per heavy atom. The highest BCUT2D eigenvalue weighted by molar-refractivity contribution is 6.30. The topological polar surface area (TPSA) is 54.6 Å². The van der Waals surface area contributed by atoms with E-state index >= 15 is 0 Å². The van der Waals surface area contributed by atoms with E-state index in [4.69, 9.17) is 16.0 Å². The lowest BCUT2D eigenvalue weighted by Crippen LogP contribution is -2.10. The molecule has 1 aromatic heterocycles. The lowest BCUT2D eigenvalue weighted by molar-refractivity contribution is 0.0997. The summed E-state index contributed by atoms with van der Waals surface area (Å²) in [7, 11) is 0. The predicted molar refractivity (Wildman–Crippen MR) is 105 cm³/mol. The van der Waals surface area contributed by atoms with Gasteiger partial charge in [0.25, 0.3) is 5.91 Å². The summed E-state index contributed by atoms with van der Waals surface area (Å²) in [5, 5.41) is 3.47. The summed E-state index contributed by atoms with van der Waals surface area (Å²) in [6, 6.07) is 18.3. The van der Waals surface area contributed by atoms with Gasteiger partial charge in [-0.3, -0.25) is 9.79 Å². The molecule has 1 aliphatic rings. The highest BCUT2D eigenvalue weighted by Gasteiger charge is 2.13. The summed E-state index contributed by atoms with van der Waals surface area (Å²) in [6.45, 7) is 0.820. The van der Waals surface area contributed by atoms with E-state index < -0.39 is 0 Å². The first kappa shape index (κ1) is 16.4. The molecule has 0 atom stereocenters. The summed E-state index contributed by atoms with van der Waals surface area (Å²) in [4.78, 5) is 16.5. The number of hydrogen-bond acceptors (Lipinski definition) is 3. The Bertz CT molecular complexity index is 1030. The average molecular weight is 363 g/mol. The molecule has 3 aromatic rings. The van der Waals surface area contributed by atoms with Gasteiger partial charge in [0.15, 0.2) is 5.76 Å². The summed E-state index contributed by atoms with van der Waals surface area (Å²) in [5.41, 5.74) is 3.61. The molecule has 0 saturated carbocycles. The van der Waals surface area contributed by atoms with Gasteiger partial charge in [-0.1, -0.05) is 41.9 Å². The van der Waals surface area contributed by atoms with E-state index in [0.29, 0.717) is 16.5 Å². The van der Waals surface area contributed by atoms with Crippen LogP contribution in [0.25, 0.3) is 17.4 Å². The Labute approximate surface area is 155 Å². The molecule has 0 spiro atoms. The number of carbonyl (C=O) groups excluding carboxylic acids is 1. The van der Waals surface area contributed by atoms with Crippen molar-refractivity contribution in [3.05, 3.63) is 83.1 Å². The van der Waals surface area contributed by atoms with Gasteiger partial charge in [-0.15, -0.1) is 0 Å². The van der Waals surface area contributed by atoms with Crippen molar-refractivity contribution < 1.29 is 9.21 Å². The van der Waals surface area contributed by atoms with Crippen LogP contribution in [0.5, 0.6) is 0 Å². The molecule has 4 rings (SSSR count). The summed E-state index contributed by atoms with van der Waals surface area (Å²) in [6.07, 6.45) is 3.95. The number of halogens is 1. The van der Waals surface area contributed by atoms with Crippen LogP contribution in [0.2, 0.25) is 5.02 Å². The van der Waals surface area contributed by atoms with E-state index in [-0.39, 0.29) is 11.7 Å². The largest absolute Gasteiger partial charge is 0.451 e. The number of rotatable bonds is 5. The molecule has 5 heteroatoms. The first-order valence-corrected chi connectivity index (χ1v) is 8.54. The van der Waals surface area contributed by atoms with Crippen LogP contribution in [-0.4, -0.2) is 18.2 Å². The lowest BCUT2D eigenvalue weighted by atomic mass is 10.1. The molecule has 128 valence electrons. The third-order valence-electron chi connectivity index (χ3n) is 3.89. The van der Waals surface area contributed by atoms with Crippen molar-refractivity contribution in [3.8, 4) is 11.3 Å². The highest BCUT2D eigenvalue weighted by atomic mass is 35.5. The van der Waals surface area contributed by atoms with Crippen molar-refractivity contribution in [2.45, 2.75) is 0 Å². The second-order valence-corrected chi connectivity index (χ2v) is 6.33. The summed E-state index contributed by atoms with van der Waals surface area (Å²) in [5.74, 6) is 0.541. The maximum Gasteiger partial charge on any atom is 0.291 e. The first-order valence-electron chi connectivity index (χ1n) is 8.16. The normalized spacial score (nSPS) is 12.9. The van der Waals surface area contributed by atoms with Gasteiger partial charge in [-0.25, -0.2) is 0 Å². The summed E-state index contributed by atoms with van der Waals surface area (Å²) < 4.78 is 5.68. The number of anilines is 1. The molecule has 2 aromatic carbocycles. The van der Waals surface area contributed by atoms with E-state index in [1.165, 1.54) is 0 Å². The quantitative estimate of drug-likeness (QED) is 0.667. The molecule has 0 bridgehead atoms. The van der Waals surface area contributed by atoms with Gasteiger partial charge in [-0.2, -0.15) is 0 Å². The number of benzene rings is 2. The molecule has 26 heavy (non-hydrogen) atoms.